The molecular weight excluding hydrogens is 236 g/mol. The van der Waals surface area contributed by atoms with Crippen LogP contribution in [0.2, 0.25) is 0 Å². The molecule has 0 aromatic heterocycles. The Bertz CT molecular complexity index is 411. The van der Waals surface area contributed by atoms with Gasteiger partial charge in [0.05, 0.1) is 0 Å². The molecule has 92 valence electrons. The molecule has 0 saturated carbocycles. The Morgan fingerprint density at radius 2 is 2.35 bits per heavy atom. The Labute approximate surface area is 105 Å². The van der Waals surface area contributed by atoms with Crippen molar-refractivity contribution in [3.63, 3.8) is 0 Å². The number of rotatable bonds is 4. The number of benzene rings is 1. The minimum atomic E-state index is -1.11. The average molecular weight is 252 g/mol. The van der Waals surface area contributed by atoms with E-state index < -0.39 is 12.0 Å². The van der Waals surface area contributed by atoms with Gasteiger partial charge in [-0.15, -0.1) is 11.8 Å². The Morgan fingerprint density at radius 3 is 3.12 bits per heavy atom. The van der Waals surface area contributed by atoms with E-state index in [0.29, 0.717) is 0 Å². The molecule has 1 aromatic carbocycles. The summed E-state index contributed by atoms with van der Waals surface area (Å²) in [4.78, 5) is 12.0. The zero-order valence-corrected chi connectivity index (χ0v) is 10.2. The lowest BCUT2D eigenvalue weighted by molar-refractivity contribution is -0.125. The number of primary amides is 1. The van der Waals surface area contributed by atoms with Crippen LogP contribution in [0, 0.1) is 0 Å². The van der Waals surface area contributed by atoms with Crippen molar-refractivity contribution in [2.45, 2.75) is 23.5 Å². The molecule has 2 unspecified atom stereocenters. The number of amides is 1. The van der Waals surface area contributed by atoms with E-state index in [9.17, 15) is 9.90 Å². The fourth-order valence-electron chi connectivity index (χ4n) is 1.91. The van der Waals surface area contributed by atoms with E-state index in [1.54, 1.807) is 0 Å². The molecule has 0 saturated heterocycles. The predicted octanol–water partition coefficient (Wildman–Crippen LogP) is 0.659. The summed E-state index contributed by atoms with van der Waals surface area (Å²) in [6.45, 7) is 0.207. The van der Waals surface area contributed by atoms with E-state index in [1.165, 1.54) is 10.5 Å². The molecule has 1 heterocycles. The number of aliphatic hydroxyl groups is 1. The molecule has 4 N–H and O–H groups in total. The summed E-state index contributed by atoms with van der Waals surface area (Å²) >= 11 is 1.84. The fourth-order valence-corrected chi connectivity index (χ4v) is 3.03. The standard InChI is InChI=1S/C12H16N2O2S/c13-12(16)10(15)7-14-9-5-6-17-11-4-2-1-3-8(9)11/h1-4,9-10,14-15H,5-7H2,(H2,13,16). The number of aliphatic hydroxyl groups excluding tert-OH is 1. The van der Waals surface area contributed by atoms with Gasteiger partial charge < -0.3 is 16.2 Å². The fraction of sp³-hybridized carbons (Fsp3) is 0.417. The predicted molar refractivity (Wildman–Crippen MR) is 67.7 cm³/mol. The molecule has 17 heavy (non-hydrogen) atoms. The van der Waals surface area contributed by atoms with Crippen molar-refractivity contribution < 1.29 is 9.90 Å². The molecule has 0 fully saturated rings. The van der Waals surface area contributed by atoms with Crippen molar-refractivity contribution in [1.82, 2.24) is 5.32 Å². The van der Waals surface area contributed by atoms with Gasteiger partial charge in [-0.2, -0.15) is 0 Å². The van der Waals surface area contributed by atoms with E-state index >= 15 is 0 Å². The molecule has 4 nitrogen and oxygen atoms in total. The van der Waals surface area contributed by atoms with Crippen molar-refractivity contribution in [3.05, 3.63) is 29.8 Å². The van der Waals surface area contributed by atoms with Gasteiger partial charge in [0.15, 0.2) is 0 Å². The number of hydrogen-bond donors (Lipinski definition) is 3. The number of nitrogens with two attached hydrogens (primary N) is 1. The zero-order valence-electron chi connectivity index (χ0n) is 9.43. The first kappa shape index (κ1) is 12.4. The maximum Gasteiger partial charge on any atom is 0.247 e. The van der Waals surface area contributed by atoms with Crippen molar-refractivity contribution in [3.8, 4) is 0 Å². The van der Waals surface area contributed by atoms with Crippen LogP contribution in [-0.2, 0) is 4.79 Å². The minimum absolute atomic E-state index is 0.196. The van der Waals surface area contributed by atoms with Crippen LogP contribution in [0.1, 0.15) is 18.0 Å². The highest BCUT2D eigenvalue weighted by atomic mass is 32.2. The van der Waals surface area contributed by atoms with Crippen LogP contribution in [0.25, 0.3) is 0 Å². The van der Waals surface area contributed by atoms with Crippen LogP contribution in [-0.4, -0.2) is 29.4 Å². The van der Waals surface area contributed by atoms with Crippen molar-refractivity contribution in [1.29, 1.82) is 0 Å². The highest BCUT2D eigenvalue weighted by Gasteiger charge is 2.21. The minimum Gasteiger partial charge on any atom is -0.382 e. The van der Waals surface area contributed by atoms with Crippen LogP contribution in [0.15, 0.2) is 29.2 Å². The van der Waals surface area contributed by atoms with Crippen LogP contribution in [0.3, 0.4) is 0 Å². The van der Waals surface area contributed by atoms with Crippen molar-refractivity contribution in [2.75, 3.05) is 12.3 Å². The Kier molecular flexibility index (Phi) is 4.04. The summed E-state index contributed by atoms with van der Waals surface area (Å²) in [6, 6.07) is 8.39. The second kappa shape index (κ2) is 5.53. The van der Waals surface area contributed by atoms with Crippen LogP contribution >= 0.6 is 11.8 Å². The Hall–Kier alpha value is -1.04. The molecule has 0 aliphatic carbocycles. The van der Waals surface area contributed by atoms with Gasteiger partial charge in [0.2, 0.25) is 5.91 Å². The van der Waals surface area contributed by atoms with E-state index in [1.807, 2.05) is 23.9 Å². The Morgan fingerprint density at radius 1 is 1.59 bits per heavy atom. The third-order valence-electron chi connectivity index (χ3n) is 2.84. The number of carbonyl (C=O) groups is 1. The summed E-state index contributed by atoms with van der Waals surface area (Å²) in [5.74, 6) is 0.359. The molecule has 1 aliphatic heterocycles. The number of hydrogen-bond acceptors (Lipinski definition) is 4. The molecule has 1 aliphatic rings. The monoisotopic (exact) mass is 252 g/mol. The summed E-state index contributed by atoms with van der Waals surface area (Å²) in [7, 11) is 0. The topological polar surface area (TPSA) is 75.4 Å². The molecule has 0 bridgehead atoms. The van der Waals surface area contributed by atoms with Gasteiger partial charge >= 0.3 is 0 Å². The third kappa shape index (κ3) is 3.00. The van der Waals surface area contributed by atoms with Crippen LogP contribution in [0.5, 0.6) is 0 Å². The summed E-state index contributed by atoms with van der Waals surface area (Å²) < 4.78 is 0. The summed E-state index contributed by atoms with van der Waals surface area (Å²) in [6.07, 6.45) is -0.121. The number of fused-ring (bicyclic) bond motifs is 1. The highest BCUT2D eigenvalue weighted by Crippen LogP contribution is 2.35. The first-order valence-electron chi connectivity index (χ1n) is 5.61. The molecular formula is C12H16N2O2S. The Balaban J connectivity index is 2.01. The SMILES string of the molecule is NC(=O)C(O)CNC1CCSc2ccccc21. The first-order chi connectivity index (χ1) is 8.18. The number of carbonyl (C=O) groups excluding carboxylic acids is 1. The van der Waals surface area contributed by atoms with Gasteiger partial charge in [-0.05, 0) is 23.8 Å². The van der Waals surface area contributed by atoms with Gasteiger partial charge in [-0.1, -0.05) is 18.2 Å². The quantitative estimate of drug-likeness (QED) is 0.736. The molecule has 5 heteroatoms. The molecule has 1 aromatic rings. The molecule has 1 amide bonds. The van der Waals surface area contributed by atoms with Gasteiger partial charge in [0, 0.05) is 17.5 Å². The summed E-state index contributed by atoms with van der Waals surface area (Å²) in [5.41, 5.74) is 6.25. The largest absolute Gasteiger partial charge is 0.382 e. The van der Waals surface area contributed by atoms with Gasteiger partial charge in [0.1, 0.15) is 6.10 Å². The summed E-state index contributed by atoms with van der Waals surface area (Å²) in [5, 5.41) is 12.6. The number of nitrogens with one attached hydrogen (secondary N) is 1. The average Bonchev–Trinajstić information content (AvgIpc) is 2.35. The van der Waals surface area contributed by atoms with E-state index in [0.717, 1.165) is 12.2 Å². The van der Waals surface area contributed by atoms with E-state index in [4.69, 9.17) is 5.73 Å². The molecule has 2 atom stereocenters. The van der Waals surface area contributed by atoms with Crippen molar-refractivity contribution in [2.24, 2.45) is 5.73 Å². The van der Waals surface area contributed by atoms with Gasteiger partial charge in [-0.3, -0.25) is 4.79 Å². The van der Waals surface area contributed by atoms with Gasteiger partial charge in [-0.25, -0.2) is 0 Å². The lowest BCUT2D eigenvalue weighted by Crippen LogP contribution is -2.39. The number of thioether (sulfide) groups is 1. The highest BCUT2D eigenvalue weighted by molar-refractivity contribution is 7.99. The molecule has 0 radical (unpaired) electrons. The second-order valence-electron chi connectivity index (χ2n) is 4.05. The molecule has 0 spiro atoms. The normalized spacial score (nSPS) is 20.6. The smallest absolute Gasteiger partial charge is 0.247 e. The van der Waals surface area contributed by atoms with Crippen LogP contribution in [0.4, 0.5) is 0 Å². The first-order valence-corrected chi connectivity index (χ1v) is 6.59. The lowest BCUT2D eigenvalue weighted by Gasteiger charge is -2.26. The zero-order chi connectivity index (χ0) is 12.3. The molecule has 2 rings (SSSR count). The van der Waals surface area contributed by atoms with Gasteiger partial charge in [0.25, 0.3) is 0 Å². The maximum absolute atomic E-state index is 10.7. The maximum atomic E-state index is 10.7. The lowest BCUT2D eigenvalue weighted by atomic mass is 10.0. The third-order valence-corrected chi connectivity index (χ3v) is 3.97. The van der Waals surface area contributed by atoms with E-state index in [-0.39, 0.29) is 12.6 Å². The second-order valence-corrected chi connectivity index (χ2v) is 5.19. The van der Waals surface area contributed by atoms with E-state index in [2.05, 4.69) is 17.4 Å². The van der Waals surface area contributed by atoms with Crippen LogP contribution < -0.4 is 11.1 Å². The van der Waals surface area contributed by atoms with Crippen molar-refractivity contribution >= 4 is 17.7 Å².